The summed E-state index contributed by atoms with van der Waals surface area (Å²) in [5.41, 5.74) is 2.91. The quantitative estimate of drug-likeness (QED) is 0.794. The van der Waals surface area contributed by atoms with Crippen LogP contribution in [0.5, 0.6) is 0 Å². The molecule has 0 bridgehead atoms. The summed E-state index contributed by atoms with van der Waals surface area (Å²) in [6.45, 7) is 5.53. The molecule has 1 unspecified atom stereocenters. The van der Waals surface area contributed by atoms with E-state index in [1.807, 2.05) is 0 Å². The lowest BCUT2D eigenvalue weighted by Gasteiger charge is -2.15. The van der Waals surface area contributed by atoms with Crippen LogP contribution in [0.4, 0.5) is 0 Å². The van der Waals surface area contributed by atoms with Crippen LogP contribution >= 0.6 is 15.9 Å². The van der Waals surface area contributed by atoms with E-state index in [-0.39, 0.29) is 0 Å². The van der Waals surface area contributed by atoms with E-state index in [4.69, 9.17) is 0 Å². The Morgan fingerprint density at radius 3 is 2.92 bits per heavy atom. The van der Waals surface area contributed by atoms with E-state index in [1.165, 1.54) is 15.6 Å². The largest absolute Gasteiger partial charge is 0.306 e. The van der Waals surface area contributed by atoms with Crippen LogP contribution in [0.25, 0.3) is 0 Å². The molecule has 2 heteroatoms. The van der Waals surface area contributed by atoms with Crippen LogP contribution < -0.4 is 5.32 Å². The highest BCUT2D eigenvalue weighted by molar-refractivity contribution is 9.10. The Kier molecular flexibility index (Phi) is 2.43. The lowest BCUT2D eigenvalue weighted by atomic mass is 9.96. The summed E-state index contributed by atoms with van der Waals surface area (Å²) < 4.78 is 1.18. The molecule has 70 valence electrons. The van der Waals surface area contributed by atoms with Gasteiger partial charge in [0.1, 0.15) is 0 Å². The summed E-state index contributed by atoms with van der Waals surface area (Å²) in [5, 5.41) is 3.53. The smallest absolute Gasteiger partial charge is 0.0349 e. The van der Waals surface area contributed by atoms with Crippen LogP contribution in [0.1, 0.15) is 31.0 Å². The van der Waals surface area contributed by atoms with Gasteiger partial charge in [-0.25, -0.2) is 0 Å². The van der Waals surface area contributed by atoms with Crippen LogP contribution in [0, 0.1) is 5.92 Å². The van der Waals surface area contributed by atoms with Gasteiger partial charge in [-0.2, -0.15) is 0 Å². The normalized spacial score (nSPS) is 20.8. The highest BCUT2D eigenvalue weighted by atomic mass is 79.9. The maximum Gasteiger partial charge on any atom is 0.0349 e. The first-order valence-electron chi connectivity index (χ1n) is 4.70. The summed E-state index contributed by atoms with van der Waals surface area (Å²) >= 11 is 3.49. The van der Waals surface area contributed by atoms with Crippen molar-refractivity contribution in [1.82, 2.24) is 5.32 Å². The van der Waals surface area contributed by atoms with E-state index in [0.717, 1.165) is 6.54 Å². The molecular formula is C11H14BrN. The predicted octanol–water partition coefficient (Wildman–Crippen LogP) is 3.25. The molecule has 1 nitrogen and oxygen atoms in total. The first kappa shape index (κ1) is 9.22. The van der Waals surface area contributed by atoms with Crippen molar-refractivity contribution in [3.63, 3.8) is 0 Å². The highest BCUT2D eigenvalue weighted by Gasteiger charge is 2.23. The fraction of sp³-hybridized carbons (Fsp3) is 0.455. The van der Waals surface area contributed by atoms with Crippen molar-refractivity contribution >= 4 is 15.9 Å². The second-order valence-electron chi connectivity index (χ2n) is 3.95. The van der Waals surface area contributed by atoms with Gasteiger partial charge in [0.25, 0.3) is 0 Å². The lowest BCUT2D eigenvalue weighted by Crippen LogP contribution is -2.17. The van der Waals surface area contributed by atoms with E-state index in [1.54, 1.807) is 0 Å². The van der Waals surface area contributed by atoms with Gasteiger partial charge >= 0.3 is 0 Å². The molecule has 1 aromatic carbocycles. The Labute approximate surface area is 87.7 Å². The Bertz CT molecular complexity index is 320. The van der Waals surface area contributed by atoms with Crippen molar-refractivity contribution in [2.45, 2.75) is 26.4 Å². The third kappa shape index (κ3) is 1.65. The van der Waals surface area contributed by atoms with Crippen molar-refractivity contribution in [2.24, 2.45) is 5.92 Å². The monoisotopic (exact) mass is 239 g/mol. The Balaban J connectivity index is 2.38. The van der Waals surface area contributed by atoms with E-state index >= 15 is 0 Å². The fourth-order valence-electron chi connectivity index (χ4n) is 1.96. The summed E-state index contributed by atoms with van der Waals surface area (Å²) in [4.78, 5) is 0. The van der Waals surface area contributed by atoms with Gasteiger partial charge in [-0.3, -0.25) is 0 Å². The van der Waals surface area contributed by atoms with E-state index in [0.29, 0.717) is 12.0 Å². The average Bonchev–Trinajstić information content (AvgIpc) is 2.46. The molecule has 1 aromatic rings. The molecule has 0 saturated heterocycles. The van der Waals surface area contributed by atoms with Gasteiger partial charge < -0.3 is 5.32 Å². The number of hydrogen-bond acceptors (Lipinski definition) is 1. The zero-order valence-electron chi connectivity index (χ0n) is 7.97. The SMILES string of the molecule is CC(C)C1NCc2cc(Br)ccc21. The van der Waals surface area contributed by atoms with Crippen LogP contribution in [-0.4, -0.2) is 0 Å². The Morgan fingerprint density at radius 2 is 2.23 bits per heavy atom. The maximum absolute atomic E-state index is 3.53. The molecule has 1 heterocycles. The minimum absolute atomic E-state index is 0.545. The molecule has 0 saturated carbocycles. The van der Waals surface area contributed by atoms with Crippen LogP contribution in [-0.2, 0) is 6.54 Å². The van der Waals surface area contributed by atoms with E-state index in [2.05, 4.69) is 53.3 Å². The van der Waals surface area contributed by atoms with Gasteiger partial charge in [-0.15, -0.1) is 0 Å². The molecule has 2 rings (SSSR count). The van der Waals surface area contributed by atoms with E-state index in [9.17, 15) is 0 Å². The third-order valence-electron chi connectivity index (χ3n) is 2.62. The molecule has 1 atom stereocenters. The number of benzene rings is 1. The second kappa shape index (κ2) is 3.43. The molecule has 0 fully saturated rings. The highest BCUT2D eigenvalue weighted by Crippen LogP contribution is 2.32. The van der Waals surface area contributed by atoms with Gasteiger partial charge in [0.2, 0.25) is 0 Å². The molecule has 0 radical (unpaired) electrons. The van der Waals surface area contributed by atoms with E-state index < -0.39 is 0 Å². The Hall–Kier alpha value is -0.340. The summed E-state index contributed by atoms with van der Waals surface area (Å²) in [6.07, 6.45) is 0. The molecule has 13 heavy (non-hydrogen) atoms. The van der Waals surface area contributed by atoms with Crippen LogP contribution in [0.15, 0.2) is 22.7 Å². The molecule has 1 aliphatic rings. The Morgan fingerprint density at radius 1 is 1.46 bits per heavy atom. The second-order valence-corrected chi connectivity index (χ2v) is 4.86. The number of fused-ring (bicyclic) bond motifs is 1. The van der Waals surface area contributed by atoms with Crippen LogP contribution in [0.2, 0.25) is 0 Å². The molecule has 0 spiro atoms. The van der Waals surface area contributed by atoms with Crippen molar-refractivity contribution < 1.29 is 0 Å². The average molecular weight is 240 g/mol. The van der Waals surface area contributed by atoms with Crippen LogP contribution in [0.3, 0.4) is 0 Å². The number of rotatable bonds is 1. The van der Waals surface area contributed by atoms with Gasteiger partial charge in [0.05, 0.1) is 0 Å². The summed E-state index contributed by atoms with van der Waals surface area (Å²) in [6, 6.07) is 7.11. The van der Waals surface area contributed by atoms with Crippen molar-refractivity contribution in [3.8, 4) is 0 Å². The standard InChI is InChI=1S/C11H14BrN/c1-7(2)11-10-4-3-9(12)5-8(10)6-13-11/h3-5,7,11,13H,6H2,1-2H3. The van der Waals surface area contributed by atoms with Crippen molar-refractivity contribution in [2.75, 3.05) is 0 Å². The number of nitrogens with one attached hydrogen (secondary N) is 1. The zero-order valence-corrected chi connectivity index (χ0v) is 9.56. The molecular weight excluding hydrogens is 226 g/mol. The summed E-state index contributed by atoms with van der Waals surface area (Å²) in [5.74, 6) is 0.669. The minimum Gasteiger partial charge on any atom is -0.306 e. The summed E-state index contributed by atoms with van der Waals surface area (Å²) in [7, 11) is 0. The minimum atomic E-state index is 0.545. The third-order valence-corrected chi connectivity index (χ3v) is 3.11. The van der Waals surface area contributed by atoms with Crippen molar-refractivity contribution in [1.29, 1.82) is 0 Å². The molecule has 0 aromatic heterocycles. The van der Waals surface area contributed by atoms with Crippen molar-refractivity contribution in [3.05, 3.63) is 33.8 Å². The fourth-order valence-corrected chi connectivity index (χ4v) is 2.36. The molecule has 0 aliphatic carbocycles. The first-order valence-corrected chi connectivity index (χ1v) is 5.49. The van der Waals surface area contributed by atoms with Gasteiger partial charge in [0.15, 0.2) is 0 Å². The molecule has 1 aliphatic heterocycles. The number of hydrogen-bond donors (Lipinski definition) is 1. The first-order chi connectivity index (χ1) is 6.18. The molecule has 1 N–H and O–H groups in total. The molecule has 0 amide bonds. The topological polar surface area (TPSA) is 12.0 Å². The maximum atomic E-state index is 3.53. The van der Waals surface area contributed by atoms with Gasteiger partial charge in [0, 0.05) is 17.1 Å². The van der Waals surface area contributed by atoms with Gasteiger partial charge in [-0.1, -0.05) is 35.8 Å². The van der Waals surface area contributed by atoms with Gasteiger partial charge in [-0.05, 0) is 29.2 Å². The lowest BCUT2D eigenvalue weighted by molar-refractivity contribution is 0.441. The zero-order chi connectivity index (χ0) is 9.42. The predicted molar refractivity (Wildman–Crippen MR) is 58.6 cm³/mol. The number of halogens is 1.